The van der Waals surface area contributed by atoms with Crippen LogP contribution in [0.25, 0.3) is 27.8 Å². The van der Waals surface area contributed by atoms with E-state index in [2.05, 4.69) is 14.9 Å². The fourth-order valence-electron chi connectivity index (χ4n) is 4.04. The Kier molecular flexibility index (Phi) is 7.40. The number of halogens is 1. The Morgan fingerprint density at radius 2 is 1.74 bits per heavy atom. The van der Waals surface area contributed by atoms with Gasteiger partial charge in [0.15, 0.2) is 0 Å². The molecule has 0 spiro atoms. The highest BCUT2D eigenvalue weighted by molar-refractivity contribution is 6.01. The Balaban J connectivity index is 0.00000136. The van der Waals surface area contributed by atoms with Gasteiger partial charge in [-0.1, -0.05) is 18.2 Å². The van der Waals surface area contributed by atoms with Crippen molar-refractivity contribution in [3.63, 3.8) is 0 Å². The van der Waals surface area contributed by atoms with Gasteiger partial charge in [0, 0.05) is 37.8 Å². The molecule has 1 fully saturated rings. The van der Waals surface area contributed by atoms with Crippen LogP contribution in [0.4, 0.5) is 0 Å². The lowest BCUT2D eigenvalue weighted by molar-refractivity contribution is 0.0369. The molecular weight excluding hydrogens is 418 g/mol. The van der Waals surface area contributed by atoms with E-state index >= 15 is 0 Å². The van der Waals surface area contributed by atoms with Gasteiger partial charge in [0.2, 0.25) is 0 Å². The lowest BCUT2D eigenvalue weighted by atomic mass is 10.2. The van der Waals surface area contributed by atoms with Crippen LogP contribution >= 0.6 is 12.4 Å². The van der Waals surface area contributed by atoms with E-state index in [1.54, 1.807) is 17.1 Å². The van der Waals surface area contributed by atoms with Gasteiger partial charge in [0.05, 0.1) is 25.2 Å². The van der Waals surface area contributed by atoms with Gasteiger partial charge in [0.1, 0.15) is 16.7 Å². The minimum atomic E-state index is -0.0822. The van der Waals surface area contributed by atoms with Crippen molar-refractivity contribution in [1.29, 1.82) is 0 Å². The number of ether oxygens (including phenoxy) is 1. The van der Waals surface area contributed by atoms with Crippen molar-refractivity contribution in [3.8, 4) is 5.69 Å². The van der Waals surface area contributed by atoms with Crippen LogP contribution in [0.2, 0.25) is 0 Å². The summed E-state index contributed by atoms with van der Waals surface area (Å²) in [6.45, 7) is 5.29. The first-order valence-corrected chi connectivity index (χ1v) is 10.0. The highest BCUT2D eigenvalue weighted by atomic mass is 35.5. The van der Waals surface area contributed by atoms with Crippen molar-refractivity contribution in [3.05, 3.63) is 65.3 Å². The second-order valence-corrected chi connectivity index (χ2v) is 7.29. The van der Waals surface area contributed by atoms with Gasteiger partial charge >= 0.3 is 0 Å². The predicted molar refractivity (Wildman–Crippen MR) is 123 cm³/mol. The molecule has 4 aromatic rings. The molecule has 1 saturated heterocycles. The van der Waals surface area contributed by atoms with E-state index in [9.17, 15) is 4.79 Å². The fraction of sp³-hybridized carbons (Fsp3) is 0.318. The van der Waals surface area contributed by atoms with E-state index in [0.717, 1.165) is 62.4 Å². The number of aromatic nitrogens is 4. The number of aryl methyl sites for hydroxylation is 1. The maximum absolute atomic E-state index is 13.5. The Labute approximate surface area is 185 Å². The molecule has 1 aromatic carbocycles. The molecule has 0 saturated carbocycles. The summed E-state index contributed by atoms with van der Waals surface area (Å²) >= 11 is 0. The standard InChI is InChI=1S/C22H23N5O2.ClH.H2O/c28-22-20-19(24-16-26(20)11-5-10-25-12-14-29-15-13-25)18-8-4-9-23-21(18)27(22)17-6-2-1-3-7-17;;/h1-4,6-9,16H,5,10-15H2;1H;1H2. The number of benzene rings is 1. The highest BCUT2D eigenvalue weighted by Crippen LogP contribution is 2.22. The molecule has 0 amide bonds. The van der Waals surface area contributed by atoms with Crippen LogP contribution in [0.1, 0.15) is 6.42 Å². The minimum Gasteiger partial charge on any atom is -0.412 e. The molecule has 8 nitrogen and oxygen atoms in total. The molecule has 31 heavy (non-hydrogen) atoms. The van der Waals surface area contributed by atoms with Gasteiger partial charge in [-0.15, -0.1) is 12.4 Å². The summed E-state index contributed by atoms with van der Waals surface area (Å²) in [6, 6.07) is 13.5. The fourth-order valence-corrected chi connectivity index (χ4v) is 4.04. The zero-order valence-corrected chi connectivity index (χ0v) is 17.9. The van der Waals surface area contributed by atoms with Gasteiger partial charge in [-0.25, -0.2) is 9.97 Å². The first kappa shape index (κ1) is 22.9. The van der Waals surface area contributed by atoms with E-state index in [1.165, 1.54) is 0 Å². The predicted octanol–water partition coefficient (Wildman–Crippen LogP) is 2.05. The lowest BCUT2D eigenvalue weighted by Gasteiger charge is -2.26. The largest absolute Gasteiger partial charge is 0.412 e. The maximum atomic E-state index is 13.5. The Morgan fingerprint density at radius 3 is 2.52 bits per heavy atom. The summed E-state index contributed by atoms with van der Waals surface area (Å²) in [6.07, 6.45) is 4.46. The van der Waals surface area contributed by atoms with E-state index in [4.69, 9.17) is 4.74 Å². The Morgan fingerprint density at radius 1 is 0.968 bits per heavy atom. The summed E-state index contributed by atoms with van der Waals surface area (Å²) < 4.78 is 9.10. The van der Waals surface area contributed by atoms with E-state index < -0.39 is 0 Å². The monoisotopic (exact) mass is 443 g/mol. The topological polar surface area (TPSA) is 96.7 Å². The molecule has 0 bridgehead atoms. The summed E-state index contributed by atoms with van der Waals surface area (Å²) in [7, 11) is 0. The number of nitrogens with zero attached hydrogens (tertiary/aromatic N) is 5. The van der Waals surface area contributed by atoms with Crippen molar-refractivity contribution in [2.45, 2.75) is 13.0 Å². The van der Waals surface area contributed by atoms with E-state index in [-0.39, 0.29) is 23.4 Å². The second kappa shape index (κ2) is 10.0. The Hall–Kier alpha value is -2.78. The van der Waals surface area contributed by atoms with Crippen LogP contribution in [-0.2, 0) is 11.3 Å². The van der Waals surface area contributed by atoms with Crippen LogP contribution in [-0.4, -0.2) is 62.3 Å². The molecule has 4 heterocycles. The van der Waals surface area contributed by atoms with Crippen molar-refractivity contribution < 1.29 is 10.2 Å². The quantitative estimate of drug-likeness (QED) is 0.470. The summed E-state index contributed by atoms with van der Waals surface area (Å²) in [5.74, 6) is 0. The van der Waals surface area contributed by atoms with Crippen LogP contribution in [0.5, 0.6) is 0 Å². The number of morpholine rings is 1. The lowest BCUT2D eigenvalue weighted by Crippen LogP contribution is -2.37. The van der Waals surface area contributed by atoms with Crippen molar-refractivity contribution in [2.24, 2.45) is 0 Å². The smallest absolute Gasteiger partial charge is 0.282 e. The van der Waals surface area contributed by atoms with Crippen molar-refractivity contribution >= 4 is 34.5 Å². The molecule has 164 valence electrons. The average molecular weight is 444 g/mol. The summed E-state index contributed by atoms with van der Waals surface area (Å²) in [5, 5.41) is 0.887. The molecule has 0 atom stereocenters. The number of hydrogen-bond donors (Lipinski definition) is 0. The third-order valence-corrected chi connectivity index (χ3v) is 5.49. The molecule has 1 aliphatic rings. The maximum Gasteiger partial charge on any atom is 0.282 e. The third-order valence-electron chi connectivity index (χ3n) is 5.49. The van der Waals surface area contributed by atoms with Gasteiger partial charge in [0.25, 0.3) is 5.56 Å². The third kappa shape index (κ3) is 4.33. The number of pyridine rings is 2. The van der Waals surface area contributed by atoms with Crippen molar-refractivity contribution in [1.82, 2.24) is 24.0 Å². The van der Waals surface area contributed by atoms with Gasteiger partial charge < -0.3 is 14.8 Å². The van der Waals surface area contributed by atoms with Gasteiger partial charge in [-0.2, -0.15) is 0 Å². The van der Waals surface area contributed by atoms with Gasteiger partial charge in [-0.05, 0) is 30.7 Å². The second-order valence-electron chi connectivity index (χ2n) is 7.29. The number of hydrogen-bond acceptors (Lipinski definition) is 5. The first-order chi connectivity index (χ1) is 14.3. The molecule has 5 rings (SSSR count). The Bertz CT molecular complexity index is 1200. The van der Waals surface area contributed by atoms with Gasteiger partial charge in [-0.3, -0.25) is 14.3 Å². The van der Waals surface area contributed by atoms with Crippen molar-refractivity contribution in [2.75, 3.05) is 32.8 Å². The number of rotatable bonds is 5. The zero-order valence-electron chi connectivity index (χ0n) is 17.1. The number of para-hydroxylation sites is 1. The normalized spacial score (nSPS) is 14.3. The molecule has 0 aliphatic carbocycles. The first-order valence-electron chi connectivity index (χ1n) is 10.0. The minimum absolute atomic E-state index is 0. The van der Waals surface area contributed by atoms with Crippen LogP contribution in [0, 0.1) is 0 Å². The van der Waals surface area contributed by atoms with Crippen LogP contribution in [0.3, 0.4) is 0 Å². The van der Waals surface area contributed by atoms with E-state index in [1.807, 2.05) is 47.0 Å². The zero-order chi connectivity index (χ0) is 19.6. The number of imidazole rings is 1. The SMILES string of the molecule is Cl.O.O=c1c2c(ncn2CCCN2CCOCC2)c2cccnc2n1-c1ccccc1. The van der Waals surface area contributed by atoms with Crippen LogP contribution in [0.15, 0.2) is 59.8 Å². The highest BCUT2D eigenvalue weighted by Gasteiger charge is 2.18. The van der Waals surface area contributed by atoms with Crippen LogP contribution < -0.4 is 5.56 Å². The average Bonchev–Trinajstić information content (AvgIpc) is 3.20. The molecule has 3 aromatic heterocycles. The summed E-state index contributed by atoms with van der Waals surface area (Å²) in [5.41, 5.74) is 2.72. The number of fused-ring (bicyclic) bond motifs is 3. The van der Waals surface area contributed by atoms with E-state index in [0.29, 0.717) is 11.2 Å². The molecule has 0 radical (unpaired) electrons. The molecule has 1 aliphatic heterocycles. The summed E-state index contributed by atoms with van der Waals surface area (Å²) in [4.78, 5) is 25.0. The molecule has 2 N–H and O–H groups in total. The molecule has 9 heteroatoms. The molecular formula is C22H26ClN5O3. The molecule has 0 unspecified atom stereocenters.